The standard InChI is InChI=1S/C15H17BrN2OS/c1-8-5-9(16)6-11-12-7-15(2,19-13(8)11)18(10-3-4-10)14(20)17-12/h5-6,10,12H,3-4,7H2,1-2H3,(H,17,20). The van der Waals surface area contributed by atoms with Crippen LogP contribution < -0.4 is 10.1 Å². The molecule has 2 atom stereocenters. The van der Waals surface area contributed by atoms with Crippen molar-refractivity contribution in [3.05, 3.63) is 27.7 Å². The number of nitrogens with one attached hydrogen (secondary N) is 1. The number of aryl methyl sites for hydroxylation is 1. The number of thiocarbonyl (C=S) groups is 1. The molecule has 1 aromatic rings. The lowest BCUT2D eigenvalue weighted by molar-refractivity contribution is -0.0726. The van der Waals surface area contributed by atoms with Gasteiger partial charge in [0.2, 0.25) is 0 Å². The second-order valence-electron chi connectivity index (χ2n) is 6.23. The van der Waals surface area contributed by atoms with Gasteiger partial charge in [-0.05, 0) is 56.6 Å². The average Bonchev–Trinajstić information content (AvgIpc) is 3.14. The molecule has 1 N–H and O–H groups in total. The predicted molar refractivity (Wildman–Crippen MR) is 85.9 cm³/mol. The van der Waals surface area contributed by atoms with Crippen LogP contribution in [0, 0.1) is 6.92 Å². The van der Waals surface area contributed by atoms with Crippen LogP contribution in [0.1, 0.15) is 43.4 Å². The third-order valence-electron chi connectivity index (χ3n) is 4.49. The van der Waals surface area contributed by atoms with Crippen molar-refractivity contribution in [1.29, 1.82) is 0 Å². The molecule has 20 heavy (non-hydrogen) atoms. The fourth-order valence-corrected chi connectivity index (χ4v) is 4.57. The van der Waals surface area contributed by atoms with Crippen molar-refractivity contribution < 1.29 is 4.74 Å². The number of halogens is 1. The topological polar surface area (TPSA) is 24.5 Å². The molecule has 1 saturated heterocycles. The summed E-state index contributed by atoms with van der Waals surface area (Å²) in [6.07, 6.45) is 3.38. The Morgan fingerprint density at radius 3 is 2.90 bits per heavy atom. The van der Waals surface area contributed by atoms with Crippen molar-refractivity contribution in [2.45, 2.75) is 50.9 Å². The van der Waals surface area contributed by atoms with Crippen LogP contribution in [0.5, 0.6) is 5.75 Å². The zero-order valence-corrected chi connectivity index (χ0v) is 14.0. The quantitative estimate of drug-likeness (QED) is 0.779. The SMILES string of the molecule is Cc1cc(Br)cc2c1OC1(C)CC2NC(=S)N1C1CC1. The Labute approximate surface area is 132 Å². The maximum absolute atomic E-state index is 6.44. The molecule has 0 radical (unpaired) electrons. The van der Waals surface area contributed by atoms with Crippen molar-refractivity contribution in [2.24, 2.45) is 0 Å². The van der Waals surface area contributed by atoms with Gasteiger partial charge in [-0.3, -0.25) is 0 Å². The summed E-state index contributed by atoms with van der Waals surface area (Å²) in [5.41, 5.74) is 2.09. The molecule has 2 bridgehead atoms. The number of hydrogen-bond donors (Lipinski definition) is 1. The molecule has 3 nitrogen and oxygen atoms in total. The smallest absolute Gasteiger partial charge is 0.184 e. The van der Waals surface area contributed by atoms with E-state index in [9.17, 15) is 0 Å². The summed E-state index contributed by atoms with van der Waals surface area (Å²) >= 11 is 9.17. The first-order valence-electron chi connectivity index (χ1n) is 7.07. The van der Waals surface area contributed by atoms with Gasteiger partial charge in [0, 0.05) is 22.5 Å². The van der Waals surface area contributed by atoms with Crippen molar-refractivity contribution >= 4 is 33.3 Å². The largest absolute Gasteiger partial charge is 0.467 e. The van der Waals surface area contributed by atoms with Gasteiger partial charge >= 0.3 is 0 Å². The van der Waals surface area contributed by atoms with Gasteiger partial charge in [-0.2, -0.15) is 0 Å². The van der Waals surface area contributed by atoms with Crippen LogP contribution in [0.4, 0.5) is 0 Å². The van der Waals surface area contributed by atoms with Crippen molar-refractivity contribution in [1.82, 2.24) is 10.2 Å². The van der Waals surface area contributed by atoms with E-state index >= 15 is 0 Å². The number of benzene rings is 1. The Kier molecular flexibility index (Phi) is 2.65. The molecule has 1 saturated carbocycles. The fraction of sp³-hybridized carbons (Fsp3) is 0.533. The first kappa shape index (κ1) is 12.9. The summed E-state index contributed by atoms with van der Waals surface area (Å²) in [6.45, 7) is 4.28. The molecule has 2 heterocycles. The van der Waals surface area contributed by atoms with Gasteiger partial charge in [-0.15, -0.1) is 0 Å². The molecular formula is C15H17BrN2OS. The minimum atomic E-state index is -0.306. The second-order valence-corrected chi connectivity index (χ2v) is 7.53. The van der Waals surface area contributed by atoms with Crippen LogP contribution in [0.15, 0.2) is 16.6 Å². The van der Waals surface area contributed by atoms with E-state index in [0.717, 1.165) is 21.8 Å². The molecule has 1 aromatic carbocycles. The van der Waals surface area contributed by atoms with E-state index in [0.29, 0.717) is 6.04 Å². The number of fused-ring (bicyclic) bond motifs is 4. The first-order valence-corrected chi connectivity index (χ1v) is 8.27. The molecule has 1 aliphatic carbocycles. The van der Waals surface area contributed by atoms with E-state index in [1.165, 1.54) is 24.0 Å². The highest BCUT2D eigenvalue weighted by Gasteiger charge is 2.52. The molecular weight excluding hydrogens is 336 g/mol. The summed E-state index contributed by atoms with van der Waals surface area (Å²) in [5, 5.41) is 4.35. The normalized spacial score (nSPS) is 31.4. The van der Waals surface area contributed by atoms with Gasteiger partial charge in [-0.1, -0.05) is 15.9 Å². The lowest BCUT2D eigenvalue weighted by atomic mass is 9.89. The highest BCUT2D eigenvalue weighted by molar-refractivity contribution is 9.10. The lowest BCUT2D eigenvalue weighted by Crippen LogP contribution is -2.65. The Hall–Kier alpha value is -0.810. The van der Waals surface area contributed by atoms with Gasteiger partial charge in [-0.25, -0.2) is 0 Å². The zero-order chi connectivity index (χ0) is 14.1. The second kappa shape index (κ2) is 4.10. The Bertz CT molecular complexity index is 616. The van der Waals surface area contributed by atoms with Gasteiger partial charge in [0.15, 0.2) is 10.8 Å². The molecule has 0 amide bonds. The summed E-state index contributed by atoms with van der Waals surface area (Å²) in [5.74, 6) is 1.02. The number of nitrogens with zero attached hydrogens (tertiary/aromatic N) is 1. The first-order chi connectivity index (χ1) is 9.48. The third kappa shape index (κ3) is 1.79. The summed E-state index contributed by atoms with van der Waals surface area (Å²) in [7, 11) is 0. The molecule has 0 aromatic heterocycles. The minimum absolute atomic E-state index is 0.252. The van der Waals surface area contributed by atoms with E-state index in [1.54, 1.807) is 0 Å². The van der Waals surface area contributed by atoms with Gasteiger partial charge in [0.1, 0.15) is 5.75 Å². The van der Waals surface area contributed by atoms with E-state index in [-0.39, 0.29) is 11.8 Å². The number of rotatable bonds is 1. The highest BCUT2D eigenvalue weighted by atomic mass is 79.9. The average molecular weight is 353 g/mol. The van der Waals surface area contributed by atoms with E-state index in [4.69, 9.17) is 17.0 Å². The van der Waals surface area contributed by atoms with Crippen molar-refractivity contribution in [3.63, 3.8) is 0 Å². The maximum Gasteiger partial charge on any atom is 0.184 e. The number of ether oxygens (including phenoxy) is 1. The van der Waals surface area contributed by atoms with Crippen LogP contribution >= 0.6 is 28.1 Å². The van der Waals surface area contributed by atoms with Gasteiger partial charge in [0.25, 0.3) is 0 Å². The van der Waals surface area contributed by atoms with E-state index in [1.807, 2.05) is 0 Å². The van der Waals surface area contributed by atoms with Crippen molar-refractivity contribution in [3.8, 4) is 5.75 Å². The number of hydrogen-bond acceptors (Lipinski definition) is 2. The van der Waals surface area contributed by atoms with Crippen molar-refractivity contribution in [2.75, 3.05) is 0 Å². The molecule has 0 spiro atoms. The highest BCUT2D eigenvalue weighted by Crippen LogP contribution is 2.49. The molecule has 106 valence electrons. The fourth-order valence-electron chi connectivity index (χ4n) is 3.50. The molecule has 3 aliphatic rings. The third-order valence-corrected chi connectivity index (χ3v) is 5.26. The Morgan fingerprint density at radius 1 is 1.45 bits per heavy atom. The van der Waals surface area contributed by atoms with Crippen LogP contribution in [0.3, 0.4) is 0 Å². The zero-order valence-electron chi connectivity index (χ0n) is 11.6. The van der Waals surface area contributed by atoms with Gasteiger partial charge in [0.05, 0.1) is 6.04 Å². The molecule has 2 fully saturated rings. The Balaban J connectivity index is 1.83. The van der Waals surface area contributed by atoms with Gasteiger partial charge < -0.3 is 15.0 Å². The monoisotopic (exact) mass is 352 g/mol. The summed E-state index contributed by atoms with van der Waals surface area (Å²) in [6, 6.07) is 5.07. The summed E-state index contributed by atoms with van der Waals surface area (Å²) in [4.78, 5) is 2.28. The van der Waals surface area contributed by atoms with Crippen LogP contribution in [-0.2, 0) is 0 Å². The predicted octanol–water partition coefficient (Wildman–Crippen LogP) is 3.65. The van der Waals surface area contributed by atoms with E-state index in [2.05, 4.69) is 52.1 Å². The summed E-state index contributed by atoms with van der Waals surface area (Å²) < 4.78 is 7.53. The lowest BCUT2D eigenvalue weighted by Gasteiger charge is -2.53. The molecule has 5 heteroatoms. The minimum Gasteiger partial charge on any atom is -0.467 e. The molecule has 2 unspecified atom stereocenters. The molecule has 4 rings (SSSR count). The molecule has 2 aliphatic heterocycles. The van der Waals surface area contributed by atoms with Crippen LogP contribution in [0.2, 0.25) is 0 Å². The Morgan fingerprint density at radius 2 is 2.20 bits per heavy atom. The maximum atomic E-state index is 6.44. The van der Waals surface area contributed by atoms with E-state index < -0.39 is 0 Å². The van der Waals surface area contributed by atoms with Crippen LogP contribution in [0.25, 0.3) is 0 Å². The van der Waals surface area contributed by atoms with Crippen LogP contribution in [-0.4, -0.2) is 21.8 Å².